The Hall–Kier alpha value is -1.42. The molecule has 0 spiro atoms. The van der Waals surface area contributed by atoms with Gasteiger partial charge in [-0.15, -0.1) is 0 Å². The quantitative estimate of drug-likeness (QED) is 0.865. The average molecular weight is 279 g/mol. The highest BCUT2D eigenvalue weighted by Crippen LogP contribution is 2.23. The van der Waals surface area contributed by atoms with E-state index in [1.165, 1.54) is 0 Å². The number of aryl methyl sites for hydroxylation is 1. The van der Waals surface area contributed by atoms with Crippen molar-refractivity contribution < 1.29 is 4.74 Å². The van der Waals surface area contributed by atoms with Crippen LogP contribution in [0, 0.1) is 6.92 Å². The Bertz CT molecular complexity index is 474. The van der Waals surface area contributed by atoms with Gasteiger partial charge in [-0.25, -0.2) is 9.97 Å². The Morgan fingerprint density at radius 2 is 2.00 bits per heavy atom. The van der Waals surface area contributed by atoms with E-state index in [2.05, 4.69) is 25.9 Å². The van der Waals surface area contributed by atoms with Crippen molar-refractivity contribution in [2.45, 2.75) is 13.5 Å². The molecule has 0 atom stereocenters. The Morgan fingerprint density at radius 3 is 2.75 bits per heavy atom. The second kappa shape index (κ2) is 5.07. The maximum atomic E-state index is 5.65. The zero-order valence-electron chi connectivity index (χ0n) is 8.85. The number of rotatable bonds is 3. The lowest BCUT2D eigenvalue weighted by Crippen LogP contribution is -2.01. The van der Waals surface area contributed by atoms with Crippen LogP contribution in [0.4, 0.5) is 0 Å². The largest absolute Gasteiger partial charge is 0.485 e. The fraction of sp³-hybridized carbons (Fsp3) is 0.167. The zero-order valence-corrected chi connectivity index (χ0v) is 10.4. The molecule has 1 heterocycles. The summed E-state index contributed by atoms with van der Waals surface area (Å²) in [6.45, 7) is 2.39. The minimum absolute atomic E-state index is 0.387. The maximum absolute atomic E-state index is 5.65. The standard InChI is InChI=1S/C12H11BrN2O/c1-9-3-4-10(13)7-11(9)16-8-12-14-5-2-6-15-12/h2-7H,8H2,1H3. The summed E-state index contributed by atoms with van der Waals surface area (Å²) in [7, 11) is 0. The SMILES string of the molecule is Cc1ccc(Br)cc1OCc1ncccn1. The molecule has 16 heavy (non-hydrogen) atoms. The van der Waals surface area contributed by atoms with E-state index in [-0.39, 0.29) is 0 Å². The van der Waals surface area contributed by atoms with Crippen LogP contribution in [-0.4, -0.2) is 9.97 Å². The monoisotopic (exact) mass is 278 g/mol. The predicted octanol–water partition coefficient (Wildman–Crippen LogP) is 3.13. The second-order valence-electron chi connectivity index (χ2n) is 3.36. The van der Waals surface area contributed by atoms with Gasteiger partial charge in [-0.3, -0.25) is 0 Å². The molecule has 0 bridgehead atoms. The first kappa shape index (κ1) is 11.1. The lowest BCUT2D eigenvalue weighted by atomic mass is 10.2. The summed E-state index contributed by atoms with van der Waals surface area (Å²) >= 11 is 3.41. The van der Waals surface area contributed by atoms with Crippen LogP contribution in [0.1, 0.15) is 11.4 Å². The van der Waals surface area contributed by atoms with Crippen molar-refractivity contribution in [3.63, 3.8) is 0 Å². The second-order valence-corrected chi connectivity index (χ2v) is 4.28. The topological polar surface area (TPSA) is 35.0 Å². The van der Waals surface area contributed by atoms with Gasteiger partial charge < -0.3 is 4.74 Å². The predicted molar refractivity (Wildman–Crippen MR) is 65.2 cm³/mol. The van der Waals surface area contributed by atoms with Gasteiger partial charge in [0, 0.05) is 16.9 Å². The minimum atomic E-state index is 0.387. The summed E-state index contributed by atoms with van der Waals surface area (Å²) in [5.74, 6) is 1.53. The van der Waals surface area contributed by atoms with Gasteiger partial charge in [-0.2, -0.15) is 0 Å². The Balaban J connectivity index is 2.08. The molecule has 3 nitrogen and oxygen atoms in total. The van der Waals surface area contributed by atoms with Gasteiger partial charge in [0.2, 0.25) is 0 Å². The summed E-state index contributed by atoms with van der Waals surface area (Å²) in [4.78, 5) is 8.20. The highest BCUT2D eigenvalue weighted by atomic mass is 79.9. The van der Waals surface area contributed by atoms with Gasteiger partial charge in [-0.05, 0) is 30.7 Å². The highest BCUT2D eigenvalue weighted by Gasteiger charge is 2.02. The highest BCUT2D eigenvalue weighted by molar-refractivity contribution is 9.10. The Labute approximate surface area is 103 Å². The molecular weight excluding hydrogens is 268 g/mol. The van der Waals surface area contributed by atoms with Crippen LogP contribution in [0.2, 0.25) is 0 Å². The minimum Gasteiger partial charge on any atom is -0.485 e. The van der Waals surface area contributed by atoms with Crippen LogP contribution in [0.3, 0.4) is 0 Å². The van der Waals surface area contributed by atoms with Crippen molar-refractivity contribution in [1.29, 1.82) is 0 Å². The first-order valence-corrected chi connectivity index (χ1v) is 5.70. The van der Waals surface area contributed by atoms with Gasteiger partial charge >= 0.3 is 0 Å². The number of hydrogen-bond acceptors (Lipinski definition) is 3. The first-order chi connectivity index (χ1) is 7.75. The third-order valence-corrected chi connectivity index (χ3v) is 2.62. The van der Waals surface area contributed by atoms with E-state index in [4.69, 9.17) is 4.74 Å². The van der Waals surface area contributed by atoms with E-state index < -0.39 is 0 Å². The lowest BCUT2D eigenvalue weighted by Gasteiger charge is -2.08. The van der Waals surface area contributed by atoms with Gasteiger partial charge in [-0.1, -0.05) is 22.0 Å². The molecule has 0 saturated heterocycles. The Morgan fingerprint density at radius 1 is 1.25 bits per heavy atom. The fourth-order valence-electron chi connectivity index (χ4n) is 1.28. The summed E-state index contributed by atoms with van der Waals surface area (Å²) in [5, 5.41) is 0. The molecule has 0 fully saturated rings. The van der Waals surface area contributed by atoms with Crippen molar-refractivity contribution in [3.8, 4) is 5.75 Å². The number of ether oxygens (including phenoxy) is 1. The van der Waals surface area contributed by atoms with Crippen LogP contribution < -0.4 is 4.74 Å². The van der Waals surface area contributed by atoms with Crippen molar-refractivity contribution in [1.82, 2.24) is 9.97 Å². The fourth-order valence-corrected chi connectivity index (χ4v) is 1.62. The molecular formula is C12H11BrN2O. The number of aromatic nitrogens is 2. The van der Waals surface area contributed by atoms with E-state index in [1.54, 1.807) is 18.5 Å². The third kappa shape index (κ3) is 2.79. The number of benzene rings is 1. The summed E-state index contributed by atoms with van der Waals surface area (Å²) < 4.78 is 6.65. The molecule has 2 aromatic rings. The molecule has 82 valence electrons. The van der Waals surface area contributed by atoms with E-state index in [0.717, 1.165) is 15.8 Å². The van der Waals surface area contributed by atoms with Gasteiger partial charge in [0.1, 0.15) is 12.4 Å². The molecule has 0 amide bonds. The molecule has 0 N–H and O–H groups in total. The normalized spacial score (nSPS) is 10.1. The molecule has 1 aromatic carbocycles. The number of hydrogen-bond donors (Lipinski definition) is 0. The molecule has 0 aliphatic heterocycles. The molecule has 0 unspecified atom stereocenters. The van der Waals surface area contributed by atoms with Crippen LogP contribution in [0.15, 0.2) is 41.1 Å². The molecule has 0 radical (unpaired) electrons. The molecule has 4 heteroatoms. The van der Waals surface area contributed by atoms with Gasteiger partial charge in [0.25, 0.3) is 0 Å². The van der Waals surface area contributed by atoms with Crippen LogP contribution in [0.25, 0.3) is 0 Å². The van der Waals surface area contributed by atoms with Gasteiger partial charge in [0.05, 0.1) is 0 Å². The summed E-state index contributed by atoms with van der Waals surface area (Å²) in [5.41, 5.74) is 1.10. The smallest absolute Gasteiger partial charge is 0.166 e. The average Bonchev–Trinajstić information content (AvgIpc) is 2.32. The van der Waals surface area contributed by atoms with E-state index >= 15 is 0 Å². The molecule has 0 saturated carbocycles. The number of halogens is 1. The zero-order chi connectivity index (χ0) is 11.4. The lowest BCUT2D eigenvalue weighted by molar-refractivity contribution is 0.293. The molecule has 2 rings (SSSR count). The molecule has 0 aliphatic rings. The van der Waals surface area contributed by atoms with Crippen LogP contribution in [0.5, 0.6) is 5.75 Å². The third-order valence-electron chi connectivity index (χ3n) is 2.13. The molecule has 0 aliphatic carbocycles. The van der Waals surface area contributed by atoms with Crippen molar-refractivity contribution >= 4 is 15.9 Å². The van der Waals surface area contributed by atoms with E-state index in [0.29, 0.717) is 12.4 Å². The van der Waals surface area contributed by atoms with Crippen molar-refractivity contribution in [2.24, 2.45) is 0 Å². The summed E-state index contributed by atoms with van der Waals surface area (Å²) in [6, 6.07) is 7.72. The number of nitrogens with zero attached hydrogens (tertiary/aromatic N) is 2. The molecule has 1 aromatic heterocycles. The van der Waals surface area contributed by atoms with Gasteiger partial charge in [0.15, 0.2) is 5.82 Å². The van der Waals surface area contributed by atoms with Crippen molar-refractivity contribution in [2.75, 3.05) is 0 Å². The van der Waals surface area contributed by atoms with Crippen LogP contribution >= 0.6 is 15.9 Å². The van der Waals surface area contributed by atoms with Crippen molar-refractivity contribution in [3.05, 3.63) is 52.5 Å². The maximum Gasteiger partial charge on any atom is 0.166 e. The first-order valence-electron chi connectivity index (χ1n) is 4.90. The summed E-state index contributed by atoms with van der Waals surface area (Å²) in [6.07, 6.45) is 3.42. The van der Waals surface area contributed by atoms with E-state index in [1.807, 2.05) is 25.1 Å². The van der Waals surface area contributed by atoms with E-state index in [9.17, 15) is 0 Å². The Kier molecular flexibility index (Phi) is 3.51. The van der Waals surface area contributed by atoms with Crippen LogP contribution in [-0.2, 0) is 6.61 Å².